The summed E-state index contributed by atoms with van der Waals surface area (Å²) in [6.07, 6.45) is 7.37. The second-order valence-corrected chi connectivity index (χ2v) is 8.19. The molecule has 2 fully saturated rings. The molecule has 0 aromatic heterocycles. The van der Waals surface area contributed by atoms with E-state index in [1.165, 1.54) is 30.4 Å². The minimum Gasteiger partial charge on any atom is -0.353 e. The Hall–Kier alpha value is -2.04. The summed E-state index contributed by atoms with van der Waals surface area (Å²) in [5, 5.41) is 6.26. The number of hydrogen-bond donors (Lipinski definition) is 2. The predicted molar refractivity (Wildman–Crippen MR) is 107 cm³/mol. The van der Waals surface area contributed by atoms with Crippen molar-refractivity contribution in [3.63, 3.8) is 0 Å². The molecule has 3 rings (SSSR count). The van der Waals surface area contributed by atoms with E-state index >= 15 is 0 Å². The van der Waals surface area contributed by atoms with Gasteiger partial charge in [-0.3, -0.25) is 4.79 Å². The Morgan fingerprint density at radius 2 is 1.74 bits per heavy atom. The van der Waals surface area contributed by atoms with E-state index in [4.69, 9.17) is 0 Å². The van der Waals surface area contributed by atoms with Gasteiger partial charge < -0.3 is 15.5 Å². The van der Waals surface area contributed by atoms with Gasteiger partial charge in [0.15, 0.2) is 0 Å². The largest absolute Gasteiger partial charge is 0.353 e. The zero-order valence-corrected chi connectivity index (χ0v) is 16.7. The van der Waals surface area contributed by atoms with Crippen LogP contribution in [0.4, 0.5) is 4.79 Å². The molecule has 0 spiro atoms. The van der Waals surface area contributed by atoms with E-state index in [2.05, 4.69) is 42.7 Å². The summed E-state index contributed by atoms with van der Waals surface area (Å²) < 4.78 is 0. The number of hydrogen-bond acceptors (Lipinski definition) is 2. The summed E-state index contributed by atoms with van der Waals surface area (Å²) in [6, 6.07) is 6.50. The number of aryl methyl sites for hydroxylation is 2. The molecule has 5 heteroatoms. The normalized spacial score (nSPS) is 19.0. The summed E-state index contributed by atoms with van der Waals surface area (Å²) in [5.74, 6) is 0.435. The van der Waals surface area contributed by atoms with Crippen molar-refractivity contribution in [3.8, 4) is 0 Å². The fourth-order valence-corrected chi connectivity index (χ4v) is 4.24. The van der Waals surface area contributed by atoms with Gasteiger partial charge in [0, 0.05) is 31.6 Å². The fraction of sp³-hybridized carbons (Fsp3) is 0.636. The van der Waals surface area contributed by atoms with Crippen molar-refractivity contribution < 1.29 is 9.59 Å². The average Bonchev–Trinajstić information content (AvgIpc) is 2.68. The first-order chi connectivity index (χ1) is 13.0. The molecule has 148 valence electrons. The number of benzene rings is 1. The highest BCUT2D eigenvalue weighted by Crippen LogP contribution is 2.24. The number of nitrogens with one attached hydrogen (secondary N) is 2. The first kappa shape index (κ1) is 19.7. The highest BCUT2D eigenvalue weighted by molar-refractivity contribution is 5.79. The third kappa shape index (κ3) is 5.47. The molecule has 2 aliphatic rings. The molecule has 0 radical (unpaired) electrons. The number of urea groups is 1. The SMILES string of the molecule is Cc1ccc(CNC(=O)N2CCC(NC(=O)C3CCCCC3)CC2)c(C)c1. The fourth-order valence-electron chi connectivity index (χ4n) is 4.24. The van der Waals surface area contributed by atoms with E-state index in [9.17, 15) is 9.59 Å². The van der Waals surface area contributed by atoms with Gasteiger partial charge in [-0.05, 0) is 50.7 Å². The molecule has 1 aliphatic carbocycles. The van der Waals surface area contributed by atoms with Crippen LogP contribution in [0.2, 0.25) is 0 Å². The number of carbonyl (C=O) groups is 2. The molecule has 0 bridgehead atoms. The highest BCUT2D eigenvalue weighted by atomic mass is 16.2. The van der Waals surface area contributed by atoms with Crippen molar-refractivity contribution in [2.45, 2.75) is 71.4 Å². The van der Waals surface area contributed by atoms with Gasteiger partial charge in [0.25, 0.3) is 0 Å². The molecule has 27 heavy (non-hydrogen) atoms. The Morgan fingerprint density at radius 3 is 2.41 bits per heavy atom. The molecule has 3 amide bonds. The number of rotatable bonds is 4. The van der Waals surface area contributed by atoms with Crippen LogP contribution in [-0.2, 0) is 11.3 Å². The van der Waals surface area contributed by atoms with Gasteiger partial charge in [0.1, 0.15) is 0 Å². The number of likely N-dealkylation sites (tertiary alicyclic amines) is 1. The van der Waals surface area contributed by atoms with Crippen LogP contribution < -0.4 is 10.6 Å². The van der Waals surface area contributed by atoms with Crippen LogP contribution >= 0.6 is 0 Å². The second-order valence-electron chi connectivity index (χ2n) is 8.19. The van der Waals surface area contributed by atoms with Gasteiger partial charge in [0.05, 0.1) is 0 Å². The zero-order chi connectivity index (χ0) is 19.2. The van der Waals surface area contributed by atoms with Crippen molar-refractivity contribution >= 4 is 11.9 Å². The molecule has 1 heterocycles. The smallest absolute Gasteiger partial charge is 0.317 e. The van der Waals surface area contributed by atoms with Gasteiger partial charge in [-0.2, -0.15) is 0 Å². The number of nitrogens with zero attached hydrogens (tertiary/aromatic N) is 1. The molecule has 1 aromatic carbocycles. The summed E-state index contributed by atoms with van der Waals surface area (Å²) in [7, 11) is 0. The topological polar surface area (TPSA) is 61.4 Å². The monoisotopic (exact) mass is 371 g/mol. The molecular weight excluding hydrogens is 338 g/mol. The predicted octanol–water partition coefficient (Wildman–Crippen LogP) is 3.67. The quantitative estimate of drug-likeness (QED) is 0.848. The molecule has 1 saturated carbocycles. The van der Waals surface area contributed by atoms with Crippen molar-refractivity contribution in [3.05, 3.63) is 34.9 Å². The molecule has 1 saturated heterocycles. The maximum atomic E-state index is 12.5. The number of carbonyl (C=O) groups excluding carboxylic acids is 2. The Balaban J connectivity index is 1.40. The summed E-state index contributed by atoms with van der Waals surface area (Å²) >= 11 is 0. The maximum Gasteiger partial charge on any atom is 0.317 e. The van der Waals surface area contributed by atoms with Gasteiger partial charge in [-0.25, -0.2) is 4.79 Å². The van der Waals surface area contributed by atoms with Crippen LogP contribution in [0.1, 0.15) is 61.6 Å². The summed E-state index contributed by atoms with van der Waals surface area (Å²) in [4.78, 5) is 26.7. The standard InChI is InChI=1S/C22H33N3O2/c1-16-8-9-19(17(2)14-16)15-23-22(27)25-12-10-20(11-13-25)24-21(26)18-6-4-3-5-7-18/h8-9,14,18,20H,3-7,10-13,15H2,1-2H3,(H,23,27)(H,24,26). The van der Waals surface area contributed by atoms with Crippen LogP contribution in [-0.4, -0.2) is 36.0 Å². The van der Waals surface area contributed by atoms with Crippen LogP contribution in [0.15, 0.2) is 18.2 Å². The van der Waals surface area contributed by atoms with E-state index in [1.54, 1.807) is 0 Å². The van der Waals surface area contributed by atoms with Crippen LogP contribution in [0.25, 0.3) is 0 Å². The van der Waals surface area contributed by atoms with Crippen molar-refractivity contribution in [2.75, 3.05) is 13.1 Å². The van der Waals surface area contributed by atoms with E-state index < -0.39 is 0 Å². The molecular formula is C22H33N3O2. The lowest BCUT2D eigenvalue weighted by Gasteiger charge is -2.33. The Morgan fingerprint density at radius 1 is 1.04 bits per heavy atom. The molecule has 5 nitrogen and oxygen atoms in total. The Bertz CT molecular complexity index is 660. The second kappa shape index (κ2) is 9.25. The van der Waals surface area contributed by atoms with Crippen LogP contribution in [0, 0.1) is 19.8 Å². The minimum atomic E-state index is -0.00738. The van der Waals surface area contributed by atoms with Gasteiger partial charge >= 0.3 is 6.03 Å². The number of piperidine rings is 1. The lowest BCUT2D eigenvalue weighted by molar-refractivity contribution is -0.126. The highest BCUT2D eigenvalue weighted by Gasteiger charge is 2.27. The van der Waals surface area contributed by atoms with Crippen molar-refractivity contribution in [1.82, 2.24) is 15.5 Å². The molecule has 0 unspecified atom stereocenters. The molecule has 2 N–H and O–H groups in total. The Labute approximate surface area is 162 Å². The first-order valence-electron chi connectivity index (χ1n) is 10.4. The lowest BCUT2D eigenvalue weighted by atomic mass is 9.88. The average molecular weight is 372 g/mol. The van der Waals surface area contributed by atoms with E-state index in [0.29, 0.717) is 19.6 Å². The molecule has 1 aromatic rings. The van der Waals surface area contributed by atoms with Gasteiger partial charge in [-0.1, -0.05) is 43.0 Å². The minimum absolute atomic E-state index is 0.00738. The van der Waals surface area contributed by atoms with Gasteiger partial charge in [-0.15, -0.1) is 0 Å². The molecule has 1 aliphatic heterocycles. The third-order valence-corrected chi connectivity index (χ3v) is 6.03. The lowest BCUT2D eigenvalue weighted by Crippen LogP contribution is -2.50. The van der Waals surface area contributed by atoms with Crippen LogP contribution in [0.5, 0.6) is 0 Å². The summed E-state index contributed by atoms with van der Waals surface area (Å²) in [6.45, 7) is 6.12. The zero-order valence-electron chi connectivity index (χ0n) is 16.7. The van der Waals surface area contributed by atoms with Gasteiger partial charge in [0.2, 0.25) is 5.91 Å². The molecule has 0 atom stereocenters. The van der Waals surface area contributed by atoms with E-state index in [-0.39, 0.29) is 23.9 Å². The third-order valence-electron chi connectivity index (χ3n) is 6.03. The first-order valence-corrected chi connectivity index (χ1v) is 10.4. The van der Waals surface area contributed by atoms with Crippen molar-refractivity contribution in [1.29, 1.82) is 0 Å². The Kier molecular flexibility index (Phi) is 6.75. The van der Waals surface area contributed by atoms with E-state index in [0.717, 1.165) is 31.2 Å². The van der Waals surface area contributed by atoms with Crippen molar-refractivity contribution in [2.24, 2.45) is 5.92 Å². The van der Waals surface area contributed by atoms with Crippen LogP contribution in [0.3, 0.4) is 0 Å². The van der Waals surface area contributed by atoms with E-state index in [1.807, 2.05) is 4.90 Å². The maximum absolute atomic E-state index is 12.5. The summed E-state index contributed by atoms with van der Waals surface area (Å²) in [5.41, 5.74) is 3.60. The number of amides is 3.